The highest BCUT2D eigenvalue weighted by Gasteiger charge is 2.44. The topological polar surface area (TPSA) is 48.0 Å². The molecule has 0 bridgehead atoms. The molecule has 2 fully saturated rings. The van der Waals surface area contributed by atoms with Gasteiger partial charge in [0.1, 0.15) is 17.7 Å². The average Bonchev–Trinajstić information content (AvgIpc) is 3.00. The second-order valence-electron chi connectivity index (χ2n) is 6.19. The normalized spacial score (nSPS) is 26.3. The Hall–Kier alpha value is -1.66. The number of carbonyl (C=O) groups is 1. The maximum absolute atomic E-state index is 13.3. The van der Waals surface area contributed by atoms with Gasteiger partial charge in [0.2, 0.25) is 5.91 Å². The van der Waals surface area contributed by atoms with Gasteiger partial charge in [-0.2, -0.15) is 0 Å². The van der Waals surface area contributed by atoms with Gasteiger partial charge in [-0.05, 0) is 25.8 Å². The molecule has 1 aliphatic heterocycles. The second kappa shape index (κ2) is 7.49. The number of carbonyl (C=O) groups excluding carboxylic acids is 1. The van der Waals surface area contributed by atoms with Crippen LogP contribution in [-0.2, 0) is 20.7 Å². The van der Waals surface area contributed by atoms with E-state index in [1.807, 2.05) is 11.8 Å². The van der Waals surface area contributed by atoms with E-state index in [0.717, 1.165) is 12.8 Å². The van der Waals surface area contributed by atoms with Crippen molar-refractivity contribution in [3.63, 3.8) is 0 Å². The fourth-order valence-electron chi connectivity index (χ4n) is 3.75. The Morgan fingerprint density at radius 1 is 1.42 bits per heavy atom. The molecule has 1 heterocycles. The minimum Gasteiger partial charge on any atom is -0.496 e. The molecule has 3 rings (SSSR count). The van der Waals surface area contributed by atoms with Gasteiger partial charge in [0, 0.05) is 24.8 Å². The van der Waals surface area contributed by atoms with E-state index in [-0.39, 0.29) is 36.4 Å². The third-order valence-electron chi connectivity index (χ3n) is 4.83. The van der Waals surface area contributed by atoms with Gasteiger partial charge in [-0.3, -0.25) is 4.79 Å². The highest BCUT2D eigenvalue weighted by molar-refractivity contribution is 5.80. The van der Waals surface area contributed by atoms with Crippen LogP contribution in [0.1, 0.15) is 25.3 Å². The number of nitrogens with zero attached hydrogens (tertiary/aromatic N) is 1. The molecule has 132 valence electrons. The summed E-state index contributed by atoms with van der Waals surface area (Å²) < 4.78 is 30.1. The molecule has 0 spiro atoms. The molecular weight excluding hydrogens is 313 g/mol. The standard InChI is InChI=1S/C18H24FNO4/c1-3-23-15-7-6-14-18(15)24-9-8-20(14)17(21)10-12-4-5-13(19)11-16(12)22-2/h4-5,11,14-15,18H,3,6-10H2,1-2H3/t14-,15-,18-/m1/s1. The van der Waals surface area contributed by atoms with Gasteiger partial charge in [0.25, 0.3) is 0 Å². The van der Waals surface area contributed by atoms with Crippen LogP contribution in [0.25, 0.3) is 0 Å². The minimum atomic E-state index is -0.371. The Morgan fingerprint density at radius 2 is 2.25 bits per heavy atom. The number of hydrogen-bond donors (Lipinski definition) is 0. The summed E-state index contributed by atoms with van der Waals surface area (Å²) in [5.41, 5.74) is 0.700. The Bertz CT molecular complexity index is 594. The van der Waals surface area contributed by atoms with Crippen molar-refractivity contribution in [2.75, 3.05) is 26.9 Å². The molecule has 0 radical (unpaired) electrons. The number of methoxy groups -OCH3 is 1. The molecule has 0 unspecified atom stereocenters. The van der Waals surface area contributed by atoms with Crippen LogP contribution in [0.3, 0.4) is 0 Å². The lowest BCUT2D eigenvalue weighted by molar-refractivity contribution is -0.150. The van der Waals surface area contributed by atoms with Gasteiger partial charge in [-0.25, -0.2) is 4.39 Å². The number of rotatable bonds is 5. The largest absolute Gasteiger partial charge is 0.496 e. The predicted octanol–water partition coefficient (Wildman–Crippen LogP) is 2.17. The first-order valence-electron chi connectivity index (χ1n) is 8.49. The first kappa shape index (κ1) is 17.2. The summed E-state index contributed by atoms with van der Waals surface area (Å²) in [6.07, 6.45) is 2.02. The lowest BCUT2D eigenvalue weighted by Gasteiger charge is -2.39. The van der Waals surface area contributed by atoms with Crippen molar-refractivity contribution in [1.29, 1.82) is 0 Å². The van der Waals surface area contributed by atoms with Gasteiger partial charge >= 0.3 is 0 Å². The lowest BCUT2D eigenvalue weighted by Crippen LogP contribution is -2.54. The number of ether oxygens (including phenoxy) is 3. The summed E-state index contributed by atoms with van der Waals surface area (Å²) in [6.45, 7) is 3.73. The molecule has 6 heteroatoms. The summed E-state index contributed by atoms with van der Waals surface area (Å²) in [5.74, 6) is 0.0620. The molecule has 0 aromatic heterocycles. The number of morpholine rings is 1. The molecule has 2 aliphatic rings. The fourth-order valence-corrected chi connectivity index (χ4v) is 3.75. The molecule has 3 atom stereocenters. The summed E-state index contributed by atoms with van der Waals surface area (Å²) in [6, 6.07) is 4.34. The maximum Gasteiger partial charge on any atom is 0.227 e. The minimum absolute atomic E-state index is 0.0235. The van der Waals surface area contributed by atoms with E-state index >= 15 is 0 Å². The van der Waals surface area contributed by atoms with Crippen LogP contribution >= 0.6 is 0 Å². The van der Waals surface area contributed by atoms with Gasteiger partial charge in [0.15, 0.2) is 0 Å². The first-order valence-corrected chi connectivity index (χ1v) is 8.49. The number of halogens is 1. The van der Waals surface area contributed by atoms with E-state index in [2.05, 4.69) is 0 Å². The van der Waals surface area contributed by atoms with Crippen LogP contribution in [0, 0.1) is 5.82 Å². The van der Waals surface area contributed by atoms with Crippen LogP contribution in [0.4, 0.5) is 4.39 Å². The van der Waals surface area contributed by atoms with Gasteiger partial charge < -0.3 is 19.1 Å². The molecule has 1 saturated carbocycles. The van der Waals surface area contributed by atoms with Crippen molar-refractivity contribution in [1.82, 2.24) is 4.90 Å². The van der Waals surface area contributed by atoms with E-state index in [1.54, 1.807) is 6.07 Å². The fraction of sp³-hybridized carbons (Fsp3) is 0.611. The monoisotopic (exact) mass is 337 g/mol. The molecule has 1 aromatic carbocycles. The molecule has 1 aromatic rings. The summed E-state index contributed by atoms with van der Waals surface area (Å²) >= 11 is 0. The number of benzene rings is 1. The van der Waals surface area contributed by atoms with Crippen molar-refractivity contribution < 1.29 is 23.4 Å². The van der Waals surface area contributed by atoms with E-state index in [0.29, 0.717) is 31.1 Å². The van der Waals surface area contributed by atoms with Crippen molar-refractivity contribution in [2.24, 2.45) is 0 Å². The Labute approximate surface area is 141 Å². The number of hydrogen-bond acceptors (Lipinski definition) is 4. The zero-order valence-corrected chi connectivity index (χ0v) is 14.2. The zero-order chi connectivity index (χ0) is 17.1. The summed E-state index contributed by atoms with van der Waals surface area (Å²) in [5, 5.41) is 0. The number of amides is 1. The summed E-state index contributed by atoms with van der Waals surface area (Å²) in [7, 11) is 1.48. The second-order valence-corrected chi connectivity index (χ2v) is 6.19. The number of fused-ring (bicyclic) bond motifs is 1. The molecule has 1 amide bonds. The van der Waals surface area contributed by atoms with Crippen molar-refractivity contribution in [3.8, 4) is 5.75 Å². The Balaban J connectivity index is 1.71. The van der Waals surface area contributed by atoms with Crippen LogP contribution in [0.15, 0.2) is 18.2 Å². The first-order chi connectivity index (χ1) is 11.6. The van der Waals surface area contributed by atoms with Crippen molar-refractivity contribution in [3.05, 3.63) is 29.6 Å². The molecule has 24 heavy (non-hydrogen) atoms. The third-order valence-corrected chi connectivity index (χ3v) is 4.83. The Morgan fingerprint density at radius 3 is 3.00 bits per heavy atom. The van der Waals surface area contributed by atoms with Gasteiger partial charge in [-0.15, -0.1) is 0 Å². The van der Waals surface area contributed by atoms with E-state index in [9.17, 15) is 9.18 Å². The van der Waals surface area contributed by atoms with Crippen LogP contribution < -0.4 is 4.74 Å². The van der Waals surface area contributed by atoms with E-state index in [1.165, 1.54) is 19.2 Å². The van der Waals surface area contributed by atoms with Gasteiger partial charge in [-0.1, -0.05) is 6.07 Å². The highest BCUT2D eigenvalue weighted by Crippen LogP contribution is 2.33. The zero-order valence-electron chi connectivity index (χ0n) is 14.2. The molecule has 0 N–H and O–H groups in total. The summed E-state index contributed by atoms with van der Waals surface area (Å²) in [4.78, 5) is 14.7. The smallest absolute Gasteiger partial charge is 0.227 e. The molecule has 1 aliphatic carbocycles. The highest BCUT2D eigenvalue weighted by atomic mass is 19.1. The van der Waals surface area contributed by atoms with E-state index < -0.39 is 0 Å². The Kier molecular flexibility index (Phi) is 5.36. The van der Waals surface area contributed by atoms with Crippen molar-refractivity contribution in [2.45, 2.75) is 44.4 Å². The van der Waals surface area contributed by atoms with Crippen molar-refractivity contribution >= 4 is 5.91 Å². The molecule has 5 nitrogen and oxygen atoms in total. The molecule has 1 saturated heterocycles. The van der Waals surface area contributed by atoms with Crippen LogP contribution in [0.2, 0.25) is 0 Å². The maximum atomic E-state index is 13.3. The SMILES string of the molecule is CCO[C@@H]1CC[C@@H]2[C@H]1OCCN2C(=O)Cc1ccc(F)cc1OC. The third kappa shape index (κ3) is 3.39. The lowest BCUT2D eigenvalue weighted by atomic mass is 10.1. The van der Waals surface area contributed by atoms with Gasteiger partial charge in [0.05, 0.1) is 32.3 Å². The van der Waals surface area contributed by atoms with E-state index in [4.69, 9.17) is 14.2 Å². The van der Waals surface area contributed by atoms with Crippen LogP contribution in [0.5, 0.6) is 5.75 Å². The predicted molar refractivity (Wildman–Crippen MR) is 86.5 cm³/mol. The molecular formula is C18H24FNO4. The average molecular weight is 337 g/mol. The van der Waals surface area contributed by atoms with Crippen LogP contribution in [-0.4, -0.2) is 55.9 Å². The quantitative estimate of drug-likeness (QED) is 0.826.